The first-order valence-electron chi connectivity index (χ1n) is 9.46. The van der Waals surface area contributed by atoms with Crippen LogP contribution in [0.25, 0.3) is 5.73 Å². The van der Waals surface area contributed by atoms with Crippen LogP contribution in [0.1, 0.15) is 69.1 Å². The van der Waals surface area contributed by atoms with E-state index in [4.69, 9.17) is 5.73 Å². The van der Waals surface area contributed by atoms with Crippen LogP contribution >= 0.6 is 0 Å². The summed E-state index contributed by atoms with van der Waals surface area (Å²) in [6.45, 7) is 10.4. The van der Waals surface area contributed by atoms with E-state index in [1.165, 1.54) is 65.1 Å². The Kier molecular flexibility index (Phi) is 11.8. The average Bonchev–Trinajstić information content (AvgIpc) is 2.79. The van der Waals surface area contributed by atoms with Gasteiger partial charge in [-0.25, -0.2) is 15.9 Å². The van der Waals surface area contributed by atoms with Crippen LogP contribution in [0.5, 0.6) is 0 Å². The average molecular weight is 391 g/mol. The third-order valence-corrected chi connectivity index (χ3v) is 5.80. The van der Waals surface area contributed by atoms with Crippen molar-refractivity contribution in [1.82, 2.24) is 0 Å². The van der Waals surface area contributed by atoms with E-state index >= 15 is 0 Å². The van der Waals surface area contributed by atoms with Gasteiger partial charge in [0.1, 0.15) is 0 Å². The molecule has 0 unspecified atom stereocenters. The van der Waals surface area contributed by atoms with Crippen molar-refractivity contribution < 1.29 is 21.7 Å². The quantitative estimate of drug-likeness (QED) is 0.412. The van der Waals surface area contributed by atoms with Crippen LogP contribution in [0.2, 0.25) is 0 Å². The SMILES string of the molecule is C[CH-]C.Cc1cc[c-](C)c1C.[CH-]=[SiH2].[NH-]C12CC3CC(CC(C3)C1)C2.[Ti+4]. The molecule has 25 heavy (non-hydrogen) atoms. The van der Waals surface area contributed by atoms with Gasteiger partial charge in [0.15, 0.2) is 0 Å². The van der Waals surface area contributed by atoms with Crippen molar-refractivity contribution in [3.63, 3.8) is 0 Å². The van der Waals surface area contributed by atoms with Gasteiger partial charge in [-0.3, -0.25) is 0 Å². The van der Waals surface area contributed by atoms with E-state index in [2.05, 4.69) is 39.1 Å². The molecular weight excluding hydrogens is 354 g/mol. The fourth-order valence-corrected chi connectivity index (χ4v) is 4.92. The van der Waals surface area contributed by atoms with E-state index in [1.54, 1.807) is 0 Å². The predicted molar refractivity (Wildman–Crippen MR) is 112 cm³/mol. The van der Waals surface area contributed by atoms with Gasteiger partial charge in [-0.05, 0) is 37.0 Å². The maximum Gasteiger partial charge on any atom is 4.00 e. The van der Waals surface area contributed by atoms with Crippen LogP contribution in [0.3, 0.4) is 0 Å². The van der Waals surface area contributed by atoms with Crippen LogP contribution in [0.4, 0.5) is 0 Å². The Labute approximate surface area is 174 Å². The van der Waals surface area contributed by atoms with Gasteiger partial charge in [0.25, 0.3) is 0 Å². The molecule has 1 aromatic carbocycles. The number of hydrogen-bond acceptors (Lipinski definition) is 0. The zero-order valence-corrected chi connectivity index (χ0v) is 20.0. The summed E-state index contributed by atoms with van der Waals surface area (Å²) in [5.74, 6) is 2.87. The van der Waals surface area contributed by atoms with Gasteiger partial charge in [0.2, 0.25) is 0 Å². The fourth-order valence-electron chi connectivity index (χ4n) is 4.92. The maximum absolute atomic E-state index is 8.21. The molecule has 1 aromatic rings. The van der Waals surface area contributed by atoms with Crippen LogP contribution in [-0.4, -0.2) is 21.6 Å². The van der Waals surface area contributed by atoms with E-state index in [-0.39, 0.29) is 27.3 Å². The van der Waals surface area contributed by atoms with Crippen LogP contribution < -0.4 is 0 Å². The number of rotatable bonds is 0. The van der Waals surface area contributed by atoms with Crippen molar-refractivity contribution in [2.24, 2.45) is 17.8 Å². The Bertz CT molecular complexity index is 439. The predicted octanol–water partition coefficient (Wildman–Crippen LogP) is 5.49. The van der Waals surface area contributed by atoms with E-state index in [0.717, 1.165) is 17.8 Å². The molecule has 0 spiro atoms. The Morgan fingerprint density at radius 2 is 1.44 bits per heavy atom. The van der Waals surface area contributed by atoms with Gasteiger partial charge in [-0.1, -0.05) is 40.0 Å². The van der Waals surface area contributed by atoms with E-state index in [1.807, 2.05) is 20.3 Å². The summed E-state index contributed by atoms with van der Waals surface area (Å²) in [5.41, 5.74) is 12.5. The zero-order chi connectivity index (χ0) is 18.3. The first-order valence-corrected chi connectivity index (χ1v) is 10.3. The van der Waals surface area contributed by atoms with Gasteiger partial charge >= 0.3 is 21.7 Å². The zero-order valence-electron chi connectivity index (χ0n) is 17.0. The van der Waals surface area contributed by atoms with Crippen LogP contribution in [0.15, 0.2) is 12.1 Å². The molecule has 0 radical (unpaired) electrons. The van der Waals surface area contributed by atoms with E-state index < -0.39 is 0 Å². The summed E-state index contributed by atoms with van der Waals surface area (Å²) < 4.78 is 0. The first kappa shape index (κ1) is 25.1. The molecule has 0 heterocycles. The van der Waals surface area contributed by atoms with Crippen molar-refractivity contribution in [2.75, 3.05) is 0 Å². The van der Waals surface area contributed by atoms with Crippen LogP contribution in [0, 0.1) is 44.9 Å². The first-order chi connectivity index (χ1) is 11.4. The molecule has 138 valence electrons. The Morgan fingerprint density at radius 3 is 1.60 bits per heavy atom. The van der Waals surface area contributed by atoms with E-state index in [9.17, 15) is 0 Å². The van der Waals surface area contributed by atoms with Gasteiger partial charge < -0.3 is 18.3 Å². The molecule has 3 heteroatoms. The second-order valence-electron chi connectivity index (χ2n) is 8.10. The molecule has 4 aliphatic carbocycles. The Balaban J connectivity index is 0.000000368. The van der Waals surface area contributed by atoms with Crippen LogP contribution in [-0.2, 0) is 21.7 Å². The summed E-state index contributed by atoms with van der Waals surface area (Å²) >= 11 is 0. The molecule has 0 atom stereocenters. The minimum absolute atomic E-state index is 0. The van der Waals surface area contributed by atoms with Gasteiger partial charge in [-0.2, -0.15) is 36.6 Å². The van der Waals surface area contributed by atoms with Crippen molar-refractivity contribution >= 4 is 16.0 Å². The summed E-state index contributed by atoms with van der Waals surface area (Å²) in [5, 5.41) is 0. The molecule has 1 nitrogen and oxygen atoms in total. The number of nitrogens with one attached hydrogen (secondary N) is 1. The smallest absolute Gasteiger partial charge is 0.672 e. The minimum Gasteiger partial charge on any atom is -0.672 e. The van der Waals surface area contributed by atoms with Gasteiger partial charge in [-0.15, -0.1) is 5.54 Å². The topological polar surface area (TPSA) is 23.8 Å². The number of hydrogen-bond donors (Lipinski definition) is 0. The maximum atomic E-state index is 8.21. The molecule has 0 aliphatic heterocycles. The second-order valence-corrected chi connectivity index (χ2v) is 8.10. The third-order valence-electron chi connectivity index (χ3n) is 5.80. The standard InChI is InChI=1S/C10H16N.C8H11.C3H7.CH3Si.Ti/c11-10-4-7-1-8(5-10)3-9(2-7)6-10;1-6-4-5-7(2)8(6)3;1-3-2;1-2;/h7-9,11H,1-6H2;4-5H,1-3H3;3H,1-2H3;1H,2H2;/q4*-1;+4. The monoisotopic (exact) mass is 391 g/mol. The van der Waals surface area contributed by atoms with Crippen molar-refractivity contribution in [1.29, 1.82) is 0 Å². The van der Waals surface area contributed by atoms with Crippen molar-refractivity contribution in [3.05, 3.63) is 41.0 Å². The second kappa shape index (κ2) is 11.7. The summed E-state index contributed by atoms with van der Waals surface area (Å²) in [6, 6.07) is 4.31. The third kappa shape index (κ3) is 7.33. The Morgan fingerprint density at radius 1 is 1.08 bits per heavy atom. The van der Waals surface area contributed by atoms with E-state index in [0.29, 0.717) is 0 Å². The molecule has 1 N–H and O–H groups in total. The van der Waals surface area contributed by atoms with Crippen molar-refractivity contribution in [2.45, 2.75) is 78.7 Å². The molecule has 5 rings (SSSR count). The summed E-state index contributed by atoms with van der Waals surface area (Å²) in [4.78, 5) is 0. The molecule has 0 amide bonds. The summed E-state index contributed by atoms with van der Waals surface area (Å²) in [7, 11) is 1.36. The van der Waals surface area contributed by atoms with Crippen molar-refractivity contribution in [3.8, 4) is 0 Å². The molecule has 0 saturated heterocycles. The minimum atomic E-state index is 0. The number of aryl methyl sites for hydroxylation is 2. The molecule has 4 aliphatic rings. The fraction of sp³-hybridized carbons (Fsp3) is 0.682. The molecular formula is C22H37NSiTi. The molecule has 4 fully saturated rings. The Hall–Kier alpha value is 0.111. The molecule has 4 bridgehead atoms. The van der Waals surface area contributed by atoms with Gasteiger partial charge in [0.05, 0.1) is 0 Å². The normalized spacial score (nSPS) is 30.6. The molecule has 0 aromatic heterocycles. The summed E-state index contributed by atoms with van der Waals surface area (Å²) in [6.07, 6.45) is 14.6. The van der Waals surface area contributed by atoms with Gasteiger partial charge in [0, 0.05) is 0 Å². The molecule has 4 saturated carbocycles. The largest absolute Gasteiger partial charge is 4.00 e.